The monoisotopic (exact) mass is 190 g/mol. The van der Waals surface area contributed by atoms with Crippen molar-refractivity contribution in [2.45, 2.75) is 25.5 Å². The van der Waals surface area contributed by atoms with E-state index in [9.17, 15) is 9.59 Å². The number of esters is 1. The zero-order chi connectivity index (χ0) is 9.56. The van der Waals surface area contributed by atoms with E-state index in [1.54, 1.807) is 0 Å². The molecule has 12 heavy (non-hydrogen) atoms. The topological polar surface area (TPSA) is 43.4 Å². The summed E-state index contributed by atoms with van der Waals surface area (Å²) in [4.78, 5) is 21.6. The summed E-state index contributed by atoms with van der Waals surface area (Å²) in [6.07, 6.45) is -0.101. The fourth-order valence-corrected chi connectivity index (χ4v) is 1.17. The molecule has 0 radical (unpaired) electrons. The lowest BCUT2D eigenvalue weighted by molar-refractivity contribution is -0.142. The van der Waals surface area contributed by atoms with Gasteiger partial charge < -0.3 is 4.74 Å². The molecule has 4 heteroatoms. The average Bonchev–Trinajstić information content (AvgIpc) is 2.00. The molecular weight excluding hydrogens is 176 g/mol. The van der Waals surface area contributed by atoms with E-state index in [0.29, 0.717) is 11.0 Å². The maximum absolute atomic E-state index is 11.0. The Labute approximate surface area is 76.9 Å². The predicted molar refractivity (Wildman–Crippen MR) is 49.2 cm³/mol. The van der Waals surface area contributed by atoms with Crippen molar-refractivity contribution in [2.75, 3.05) is 12.9 Å². The van der Waals surface area contributed by atoms with Crippen LogP contribution < -0.4 is 0 Å². The van der Waals surface area contributed by atoms with Crippen LogP contribution in [0.25, 0.3) is 0 Å². The van der Waals surface area contributed by atoms with E-state index in [1.807, 2.05) is 13.8 Å². The molecule has 0 unspecified atom stereocenters. The Morgan fingerprint density at radius 3 is 2.42 bits per heavy atom. The highest BCUT2D eigenvalue weighted by atomic mass is 32.2. The first kappa shape index (κ1) is 11.5. The smallest absolute Gasteiger partial charge is 0.313 e. The zero-order valence-corrected chi connectivity index (χ0v) is 8.44. The van der Waals surface area contributed by atoms with E-state index in [0.717, 1.165) is 0 Å². The summed E-state index contributed by atoms with van der Waals surface area (Å²) < 4.78 is 4.36. The second kappa shape index (κ2) is 6.06. The lowest BCUT2D eigenvalue weighted by Gasteiger charge is -2.02. The highest BCUT2D eigenvalue weighted by molar-refractivity contribution is 8.00. The normalized spacial score (nSPS) is 10.0. The first-order valence-corrected chi connectivity index (χ1v) is 4.81. The Balaban J connectivity index is 3.53. The van der Waals surface area contributed by atoms with Gasteiger partial charge in [0.1, 0.15) is 6.42 Å². The number of rotatable bonds is 5. The molecule has 0 heterocycles. The van der Waals surface area contributed by atoms with Gasteiger partial charge in [0.2, 0.25) is 0 Å². The maximum atomic E-state index is 11.0. The molecule has 0 atom stereocenters. The fraction of sp³-hybridized carbons (Fsp3) is 0.750. The van der Waals surface area contributed by atoms with Crippen LogP contribution in [0.5, 0.6) is 0 Å². The number of carbonyl (C=O) groups is 2. The average molecular weight is 190 g/mol. The van der Waals surface area contributed by atoms with Crippen molar-refractivity contribution in [3.05, 3.63) is 0 Å². The quantitative estimate of drug-likeness (QED) is 0.483. The molecule has 0 spiro atoms. The van der Waals surface area contributed by atoms with Gasteiger partial charge in [-0.3, -0.25) is 9.59 Å². The summed E-state index contributed by atoms with van der Waals surface area (Å²) in [7, 11) is 1.28. The molecular formula is C8H14O3S. The predicted octanol–water partition coefficient (Wildman–Crippen LogP) is 1.26. The van der Waals surface area contributed by atoms with Gasteiger partial charge in [-0.2, -0.15) is 11.8 Å². The molecule has 0 aromatic rings. The summed E-state index contributed by atoms with van der Waals surface area (Å²) in [5, 5.41) is 0.423. The van der Waals surface area contributed by atoms with Crippen LogP contribution in [0.4, 0.5) is 0 Å². The molecule has 0 aromatic carbocycles. The molecule has 0 saturated heterocycles. The van der Waals surface area contributed by atoms with E-state index >= 15 is 0 Å². The second-order valence-electron chi connectivity index (χ2n) is 2.65. The van der Waals surface area contributed by atoms with Crippen molar-refractivity contribution in [3.63, 3.8) is 0 Å². The standard InChI is InChI=1S/C8H14O3S/c1-6(2)12-5-7(9)4-8(10)11-3/h6H,4-5H2,1-3H3. The SMILES string of the molecule is COC(=O)CC(=O)CSC(C)C. The Kier molecular flexibility index (Phi) is 5.80. The summed E-state index contributed by atoms with van der Waals surface area (Å²) in [6, 6.07) is 0. The lowest BCUT2D eigenvalue weighted by Crippen LogP contribution is -2.12. The van der Waals surface area contributed by atoms with Crippen LogP contribution in [-0.4, -0.2) is 29.9 Å². The van der Waals surface area contributed by atoms with Gasteiger partial charge in [-0.05, 0) is 5.25 Å². The van der Waals surface area contributed by atoms with Gasteiger partial charge in [0, 0.05) is 0 Å². The number of Topliss-reactive ketones (excluding diaryl/α,β-unsaturated/α-hetero) is 1. The van der Waals surface area contributed by atoms with Crippen LogP contribution in [0.2, 0.25) is 0 Å². The number of hydrogen-bond acceptors (Lipinski definition) is 4. The molecule has 0 aliphatic carbocycles. The first-order valence-electron chi connectivity index (χ1n) is 3.76. The number of methoxy groups -OCH3 is 1. The largest absolute Gasteiger partial charge is 0.469 e. The van der Waals surface area contributed by atoms with Crippen LogP contribution >= 0.6 is 11.8 Å². The van der Waals surface area contributed by atoms with Crippen LogP contribution in [0.1, 0.15) is 20.3 Å². The van der Waals surface area contributed by atoms with Crippen molar-refractivity contribution in [2.24, 2.45) is 0 Å². The molecule has 0 aliphatic heterocycles. The van der Waals surface area contributed by atoms with Gasteiger partial charge in [0.05, 0.1) is 12.9 Å². The maximum Gasteiger partial charge on any atom is 0.313 e. The third-order valence-electron chi connectivity index (χ3n) is 1.15. The van der Waals surface area contributed by atoms with Crippen molar-refractivity contribution in [3.8, 4) is 0 Å². The number of hydrogen-bond donors (Lipinski definition) is 0. The van der Waals surface area contributed by atoms with E-state index in [2.05, 4.69) is 4.74 Å². The van der Waals surface area contributed by atoms with Gasteiger partial charge in [-0.1, -0.05) is 13.8 Å². The van der Waals surface area contributed by atoms with Crippen LogP contribution in [0, 0.1) is 0 Å². The second-order valence-corrected chi connectivity index (χ2v) is 4.22. The van der Waals surface area contributed by atoms with E-state index in [-0.39, 0.29) is 12.2 Å². The summed E-state index contributed by atoms with van der Waals surface area (Å²) in [5.41, 5.74) is 0. The summed E-state index contributed by atoms with van der Waals surface area (Å²) in [6.45, 7) is 4.02. The minimum Gasteiger partial charge on any atom is -0.469 e. The highest BCUT2D eigenvalue weighted by Crippen LogP contribution is 2.09. The molecule has 0 amide bonds. The molecule has 0 aromatic heterocycles. The number of thioether (sulfide) groups is 1. The zero-order valence-electron chi connectivity index (χ0n) is 7.62. The Morgan fingerprint density at radius 1 is 1.42 bits per heavy atom. The van der Waals surface area contributed by atoms with Crippen molar-refractivity contribution in [1.82, 2.24) is 0 Å². The molecule has 0 fully saturated rings. The van der Waals surface area contributed by atoms with Crippen LogP contribution in [0.15, 0.2) is 0 Å². The van der Waals surface area contributed by atoms with Gasteiger partial charge >= 0.3 is 5.97 Å². The van der Waals surface area contributed by atoms with E-state index < -0.39 is 5.97 Å². The minimum atomic E-state index is -0.454. The molecule has 70 valence electrons. The van der Waals surface area contributed by atoms with E-state index in [4.69, 9.17) is 0 Å². The van der Waals surface area contributed by atoms with Crippen molar-refractivity contribution in [1.29, 1.82) is 0 Å². The van der Waals surface area contributed by atoms with Crippen LogP contribution in [-0.2, 0) is 14.3 Å². The Bertz CT molecular complexity index is 166. The molecule has 0 rings (SSSR count). The van der Waals surface area contributed by atoms with Crippen molar-refractivity contribution < 1.29 is 14.3 Å². The Morgan fingerprint density at radius 2 is 2.00 bits per heavy atom. The van der Waals surface area contributed by atoms with Crippen molar-refractivity contribution >= 4 is 23.5 Å². The summed E-state index contributed by atoms with van der Waals surface area (Å²) in [5.74, 6) is -0.128. The molecule has 3 nitrogen and oxygen atoms in total. The first-order chi connectivity index (χ1) is 5.56. The third-order valence-corrected chi connectivity index (χ3v) is 2.30. The fourth-order valence-electron chi connectivity index (χ4n) is 0.544. The minimum absolute atomic E-state index is 0.0689. The molecule has 0 bridgehead atoms. The highest BCUT2D eigenvalue weighted by Gasteiger charge is 2.09. The molecule has 0 N–H and O–H groups in total. The Hall–Kier alpha value is -0.510. The molecule has 0 aliphatic rings. The summed E-state index contributed by atoms with van der Waals surface area (Å²) >= 11 is 1.53. The lowest BCUT2D eigenvalue weighted by atomic mass is 10.3. The number of ether oxygens (including phenoxy) is 1. The molecule has 0 saturated carbocycles. The van der Waals surface area contributed by atoms with Gasteiger partial charge in [0.25, 0.3) is 0 Å². The van der Waals surface area contributed by atoms with Gasteiger partial charge in [0.15, 0.2) is 5.78 Å². The number of ketones is 1. The number of carbonyl (C=O) groups excluding carboxylic acids is 2. The van der Waals surface area contributed by atoms with E-state index in [1.165, 1.54) is 18.9 Å². The van der Waals surface area contributed by atoms with Gasteiger partial charge in [-0.25, -0.2) is 0 Å². The van der Waals surface area contributed by atoms with Crippen LogP contribution in [0.3, 0.4) is 0 Å². The van der Waals surface area contributed by atoms with Gasteiger partial charge in [-0.15, -0.1) is 0 Å². The third kappa shape index (κ3) is 6.22.